The summed E-state index contributed by atoms with van der Waals surface area (Å²) in [6, 6.07) is 6.85. The van der Waals surface area contributed by atoms with Crippen molar-refractivity contribution >= 4 is 40.6 Å². The highest BCUT2D eigenvalue weighted by Crippen LogP contribution is 2.34. The molecule has 1 heterocycles. The lowest BCUT2D eigenvalue weighted by Crippen LogP contribution is -1.89. The van der Waals surface area contributed by atoms with Gasteiger partial charge >= 0.3 is 0 Å². The molecule has 0 atom stereocenters. The molecule has 1 aromatic carbocycles. The van der Waals surface area contributed by atoms with Crippen molar-refractivity contribution in [2.45, 2.75) is 0 Å². The van der Waals surface area contributed by atoms with Crippen LogP contribution in [0.15, 0.2) is 30.5 Å². The smallest absolute Gasteiger partial charge is 0.123 e. The van der Waals surface area contributed by atoms with E-state index in [4.69, 9.17) is 40.5 Å². The predicted octanol–water partition coefficient (Wildman–Crippen LogP) is 4.29. The zero-order valence-electron chi connectivity index (χ0n) is 8.05. The second kappa shape index (κ2) is 4.50. The summed E-state index contributed by atoms with van der Waals surface area (Å²) in [5.41, 5.74) is 7.13. The van der Waals surface area contributed by atoms with Crippen LogP contribution in [-0.2, 0) is 0 Å². The van der Waals surface area contributed by atoms with Crippen molar-refractivity contribution in [2.24, 2.45) is 0 Å². The van der Waals surface area contributed by atoms with Gasteiger partial charge < -0.3 is 5.73 Å². The van der Waals surface area contributed by atoms with Crippen LogP contribution in [-0.4, -0.2) is 4.98 Å². The number of nitrogen functional groups attached to an aromatic ring is 1. The van der Waals surface area contributed by atoms with Gasteiger partial charge in [-0.05, 0) is 24.3 Å². The molecule has 0 unspecified atom stereocenters. The number of benzene rings is 1. The molecule has 0 aliphatic carbocycles. The second-order valence-corrected chi connectivity index (χ2v) is 4.44. The molecule has 0 spiro atoms. The Balaban J connectivity index is 2.56. The Labute approximate surface area is 108 Å². The van der Waals surface area contributed by atoms with Crippen LogP contribution in [0.1, 0.15) is 0 Å². The molecule has 0 radical (unpaired) electrons. The van der Waals surface area contributed by atoms with Gasteiger partial charge in [-0.2, -0.15) is 0 Å². The molecular weight excluding hydrogens is 266 g/mol. The number of hydrogen-bond acceptors (Lipinski definition) is 2. The Morgan fingerprint density at radius 3 is 2.25 bits per heavy atom. The largest absolute Gasteiger partial charge is 0.384 e. The van der Waals surface area contributed by atoms with Gasteiger partial charge in [0, 0.05) is 17.3 Å². The van der Waals surface area contributed by atoms with Gasteiger partial charge in [0.2, 0.25) is 0 Å². The second-order valence-electron chi connectivity index (χ2n) is 3.22. The molecule has 5 heteroatoms. The van der Waals surface area contributed by atoms with Crippen molar-refractivity contribution in [1.29, 1.82) is 0 Å². The van der Waals surface area contributed by atoms with Gasteiger partial charge in [0.15, 0.2) is 0 Å². The lowest BCUT2D eigenvalue weighted by molar-refractivity contribution is 1.34. The topological polar surface area (TPSA) is 38.9 Å². The molecule has 0 aliphatic rings. The normalized spacial score (nSPS) is 10.4. The average Bonchev–Trinajstić information content (AvgIpc) is 2.25. The standard InChI is InChI=1S/C11H7Cl3N2/c12-8-4-10(14)9(13)3-7(8)6-1-2-11(15)16-5-6/h1-5H,(H2,15,16). The van der Waals surface area contributed by atoms with Crippen LogP contribution in [0.3, 0.4) is 0 Å². The number of aromatic nitrogens is 1. The summed E-state index contributed by atoms with van der Waals surface area (Å²) in [7, 11) is 0. The van der Waals surface area contributed by atoms with Crippen LogP contribution < -0.4 is 5.73 Å². The molecule has 0 amide bonds. The number of pyridine rings is 1. The van der Waals surface area contributed by atoms with Gasteiger partial charge in [0.1, 0.15) is 5.82 Å². The number of hydrogen-bond donors (Lipinski definition) is 1. The summed E-state index contributed by atoms with van der Waals surface area (Å²) in [6.45, 7) is 0. The summed E-state index contributed by atoms with van der Waals surface area (Å²) in [5.74, 6) is 0.458. The average molecular weight is 274 g/mol. The molecule has 0 aliphatic heterocycles. The number of halogens is 3. The zero-order chi connectivity index (χ0) is 11.7. The first-order valence-corrected chi connectivity index (χ1v) is 5.58. The van der Waals surface area contributed by atoms with Gasteiger partial charge in [0.25, 0.3) is 0 Å². The van der Waals surface area contributed by atoms with Gasteiger partial charge in [-0.3, -0.25) is 0 Å². The zero-order valence-corrected chi connectivity index (χ0v) is 10.3. The van der Waals surface area contributed by atoms with Crippen molar-refractivity contribution in [3.63, 3.8) is 0 Å². The summed E-state index contributed by atoms with van der Waals surface area (Å²) in [6.07, 6.45) is 1.64. The van der Waals surface area contributed by atoms with E-state index < -0.39 is 0 Å². The van der Waals surface area contributed by atoms with E-state index in [0.29, 0.717) is 20.9 Å². The fourth-order valence-corrected chi connectivity index (χ4v) is 1.96. The van der Waals surface area contributed by atoms with E-state index in [1.807, 2.05) is 6.07 Å². The molecule has 1 aromatic heterocycles. The minimum absolute atomic E-state index is 0.429. The Kier molecular flexibility index (Phi) is 3.24. The van der Waals surface area contributed by atoms with E-state index >= 15 is 0 Å². The molecule has 2 N–H and O–H groups in total. The maximum atomic E-state index is 6.07. The number of nitrogens with two attached hydrogens (primary N) is 1. The number of nitrogens with zero attached hydrogens (tertiary/aromatic N) is 1. The molecule has 2 aromatic rings. The third kappa shape index (κ3) is 2.24. The van der Waals surface area contributed by atoms with Crippen LogP contribution in [0.5, 0.6) is 0 Å². The monoisotopic (exact) mass is 272 g/mol. The number of rotatable bonds is 1. The molecule has 16 heavy (non-hydrogen) atoms. The van der Waals surface area contributed by atoms with Gasteiger partial charge in [-0.25, -0.2) is 4.98 Å². The molecule has 0 fully saturated rings. The van der Waals surface area contributed by atoms with Crippen LogP contribution in [0.4, 0.5) is 5.82 Å². The summed E-state index contributed by atoms with van der Waals surface area (Å²) in [5, 5.41) is 1.41. The van der Waals surface area contributed by atoms with Crippen molar-refractivity contribution < 1.29 is 0 Å². The first-order valence-electron chi connectivity index (χ1n) is 4.44. The Morgan fingerprint density at radius 2 is 1.62 bits per heavy atom. The third-order valence-corrected chi connectivity index (χ3v) is 3.14. The quantitative estimate of drug-likeness (QED) is 0.787. The van der Waals surface area contributed by atoms with Crippen LogP contribution in [0.2, 0.25) is 15.1 Å². The van der Waals surface area contributed by atoms with Crippen molar-refractivity contribution in [3.05, 3.63) is 45.5 Å². The number of anilines is 1. The lowest BCUT2D eigenvalue weighted by Gasteiger charge is -2.06. The SMILES string of the molecule is Nc1ccc(-c2cc(Cl)c(Cl)cc2Cl)cn1. The van der Waals surface area contributed by atoms with E-state index in [9.17, 15) is 0 Å². The van der Waals surface area contributed by atoms with E-state index in [-0.39, 0.29) is 0 Å². The Bertz CT molecular complexity index is 523. The molecule has 2 rings (SSSR count). The van der Waals surface area contributed by atoms with Crippen LogP contribution in [0, 0.1) is 0 Å². The molecule has 82 valence electrons. The van der Waals surface area contributed by atoms with Crippen molar-refractivity contribution in [2.75, 3.05) is 5.73 Å². The van der Waals surface area contributed by atoms with E-state index in [2.05, 4.69) is 4.98 Å². The molecule has 2 nitrogen and oxygen atoms in total. The minimum atomic E-state index is 0.429. The van der Waals surface area contributed by atoms with Gasteiger partial charge in [-0.1, -0.05) is 34.8 Å². The Hall–Kier alpha value is -0.960. The highest BCUT2D eigenvalue weighted by Gasteiger charge is 2.08. The maximum Gasteiger partial charge on any atom is 0.123 e. The van der Waals surface area contributed by atoms with E-state index in [1.54, 1.807) is 24.4 Å². The molecular formula is C11H7Cl3N2. The van der Waals surface area contributed by atoms with Gasteiger partial charge in [-0.15, -0.1) is 0 Å². The highest BCUT2D eigenvalue weighted by atomic mass is 35.5. The van der Waals surface area contributed by atoms with E-state index in [0.717, 1.165) is 11.1 Å². The summed E-state index contributed by atoms with van der Waals surface area (Å²) < 4.78 is 0. The minimum Gasteiger partial charge on any atom is -0.384 e. The van der Waals surface area contributed by atoms with Crippen molar-refractivity contribution in [1.82, 2.24) is 4.98 Å². The first kappa shape index (κ1) is 11.5. The molecule has 0 bridgehead atoms. The maximum absolute atomic E-state index is 6.07. The summed E-state index contributed by atoms with van der Waals surface area (Å²) >= 11 is 17.9. The highest BCUT2D eigenvalue weighted by molar-refractivity contribution is 6.44. The molecule has 0 saturated carbocycles. The lowest BCUT2D eigenvalue weighted by atomic mass is 10.1. The molecule has 0 saturated heterocycles. The first-order chi connectivity index (χ1) is 7.58. The van der Waals surface area contributed by atoms with E-state index in [1.165, 1.54) is 0 Å². The predicted molar refractivity (Wildman–Crippen MR) is 69.1 cm³/mol. The van der Waals surface area contributed by atoms with Gasteiger partial charge in [0.05, 0.1) is 15.1 Å². The fourth-order valence-electron chi connectivity index (χ4n) is 1.31. The third-order valence-electron chi connectivity index (χ3n) is 2.11. The van der Waals surface area contributed by atoms with Crippen molar-refractivity contribution in [3.8, 4) is 11.1 Å². The van der Waals surface area contributed by atoms with Crippen LogP contribution >= 0.6 is 34.8 Å². The Morgan fingerprint density at radius 1 is 0.938 bits per heavy atom. The summed E-state index contributed by atoms with van der Waals surface area (Å²) in [4.78, 5) is 3.99. The van der Waals surface area contributed by atoms with Crippen LogP contribution in [0.25, 0.3) is 11.1 Å². The fraction of sp³-hybridized carbons (Fsp3) is 0.